The van der Waals surface area contributed by atoms with Gasteiger partial charge in [-0.25, -0.2) is 8.42 Å². The SMILES string of the molecule is CCC(=O)NS(=O)(=O)C1CCC(CNC(=O)c2nn(CC)c(-c3ccc(CC(C)(C)C(F)(F)F)cc3OC(F)F)c2Cl)CC1. The van der Waals surface area contributed by atoms with E-state index >= 15 is 0 Å². The molecule has 1 aromatic carbocycles. The fraction of sp³-hybridized carbons (Fsp3) is 0.607. The van der Waals surface area contributed by atoms with E-state index in [1.165, 1.54) is 16.8 Å². The summed E-state index contributed by atoms with van der Waals surface area (Å²) in [7, 11) is -3.78. The number of carbonyl (C=O) groups excluding carboxylic acids is 2. The molecule has 0 bridgehead atoms. The molecule has 1 aromatic heterocycles. The van der Waals surface area contributed by atoms with Crippen molar-refractivity contribution in [2.75, 3.05) is 6.54 Å². The Hall–Kier alpha value is -2.94. The maximum atomic E-state index is 13.4. The van der Waals surface area contributed by atoms with Crippen molar-refractivity contribution in [2.24, 2.45) is 11.3 Å². The Labute approximate surface area is 257 Å². The average Bonchev–Trinajstić information content (AvgIpc) is 3.26. The molecular formula is C28H36ClF5N4O5S. The quantitative estimate of drug-likeness (QED) is 0.264. The van der Waals surface area contributed by atoms with Crippen molar-refractivity contribution in [3.63, 3.8) is 0 Å². The van der Waals surface area contributed by atoms with Crippen LogP contribution in [0.1, 0.15) is 75.9 Å². The maximum absolute atomic E-state index is 13.4. The number of nitrogens with zero attached hydrogens (tertiary/aromatic N) is 2. The maximum Gasteiger partial charge on any atom is 0.394 e. The van der Waals surface area contributed by atoms with Crippen LogP contribution in [0.3, 0.4) is 0 Å². The first-order chi connectivity index (χ1) is 20.4. The number of alkyl halides is 5. The first-order valence-electron chi connectivity index (χ1n) is 14.1. The fourth-order valence-corrected chi connectivity index (χ4v) is 6.87. The second kappa shape index (κ2) is 14.0. The molecule has 0 spiro atoms. The van der Waals surface area contributed by atoms with Gasteiger partial charge in [-0.1, -0.05) is 38.4 Å². The molecule has 1 saturated carbocycles. The van der Waals surface area contributed by atoms with Gasteiger partial charge in [-0.05, 0) is 62.6 Å². The van der Waals surface area contributed by atoms with Gasteiger partial charge in [-0.2, -0.15) is 27.1 Å². The van der Waals surface area contributed by atoms with Crippen molar-refractivity contribution >= 4 is 33.4 Å². The summed E-state index contributed by atoms with van der Waals surface area (Å²) in [4.78, 5) is 24.6. The summed E-state index contributed by atoms with van der Waals surface area (Å²) >= 11 is 6.56. The molecular weight excluding hydrogens is 635 g/mol. The Kier molecular flexibility index (Phi) is 11.3. The summed E-state index contributed by atoms with van der Waals surface area (Å²) in [6.45, 7) is 2.32. The van der Waals surface area contributed by atoms with Gasteiger partial charge < -0.3 is 10.1 Å². The number of nitrogens with one attached hydrogen (secondary N) is 2. The predicted molar refractivity (Wildman–Crippen MR) is 154 cm³/mol. The lowest BCUT2D eigenvalue weighted by Crippen LogP contribution is -2.41. The Morgan fingerprint density at radius 2 is 1.77 bits per heavy atom. The van der Waals surface area contributed by atoms with Crippen LogP contribution in [-0.4, -0.2) is 54.6 Å². The summed E-state index contributed by atoms with van der Waals surface area (Å²) in [5.74, 6) is -1.68. The highest BCUT2D eigenvalue weighted by Gasteiger charge is 2.47. The molecule has 44 heavy (non-hydrogen) atoms. The lowest BCUT2D eigenvalue weighted by atomic mass is 9.84. The molecule has 3 rings (SSSR count). The number of benzene rings is 1. The summed E-state index contributed by atoms with van der Waals surface area (Å²) in [5, 5.41) is 6.11. The van der Waals surface area contributed by atoms with Crippen LogP contribution < -0.4 is 14.8 Å². The van der Waals surface area contributed by atoms with Gasteiger partial charge in [0.25, 0.3) is 5.91 Å². The number of carbonyl (C=O) groups is 2. The minimum absolute atomic E-state index is 0.0203. The Morgan fingerprint density at radius 3 is 2.32 bits per heavy atom. The molecule has 1 heterocycles. The third-order valence-corrected chi connectivity index (χ3v) is 9.92. The number of ether oxygens (including phenoxy) is 1. The van der Waals surface area contributed by atoms with Crippen LogP contribution >= 0.6 is 11.6 Å². The zero-order valence-electron chi connectivity index (χ0n) is 24.7. The largest absolute Gasteiger partial charge is 0.434 e. The fourth-order valence-electron chi connectivity index (χ4n) is 5.03. The van der Waals surface area contributed by atoms with Gasteiger partial charge in [-0.3, -0.25) is 19.0 Å². The Morgan fingerprint density at radius 1 is 1.14 bits per heavy atom. The minimum atomic E-state index is -4.54. The van der Waals surface area contributed by atoms with Gasteiger partial charge in [0, 0.05) is 25.1 Å². The van der Waals surface area contributed by atoms with Crippen LogP contribution in [0.4, 0.5) is 22.0 Å². The number of aromatic nitrogens is 2. The van der Waals surface area contributed by atoms with E-state index in [0.717, 1.165) is 19.9 Å². The molecule has 0 unspecified atom stereocenters. The standard InChI is InChI=1S/C28H36ClF5N4O5S/c1-5-21(39)37-44(41,42)18-10-7-16(8-11-18)15-35-25(40)23-22(29)24(38(6-2)36-23)19-12-9-17(13-20(19)43-26(30)31)14-27(3,4)28(32,33)34/h9,12-13,16,18,26H,5-8,10-11,14-15H2,1-4H3,(H,35,40)(H,37,39). The molecule has 1 aliphatic rings. The van der Waals surface area contributed by atoms with Crippen molar-refractivity contribution in [3.05, 3.63) is 34.5 Å². The third kappa shape index (κ3) is 8.40. The Balaban J connectivity index is 1.78. The highest BCUT2D eigenvalue weighted by Crippen LogP contribution is 2.43. The van der Waals surface area contributed by atoms with Crippen LogP contribution in [0.5, 0.6) is 5.75 Å². The van der Waals surface area contributed by atoms with E-state index in [9.17, 15) is 40.0 Å². The molecule has 16 heteroatoms. The first kappa shape index (κ1) is 35.5. The second-order valence-electron chi connectivity index (χ2n) is 11.4. The van der Waals surface area contributed by atoms with Crippen LogP contribution in [0, 0.1) is 11.3 Å². The molecule has 0 aliphatic heterocycles. The number of rotatable bonds is 12. The van der Waals surface area contributed by atoms with Crippen LogP contribution in [0.25, 0.3) is 11.3 Å². The molecule has 2 aromatic rings. The Bertz CT molecular complexity index is 1450. The van der Waals surface area contributed by atoms with Gasteiger partial charge in [-0.15, -0.1) is 0 Å². The van der Waals surface area contributed by atoms with E-state index in [1.54, 1.807) is 13.8 Å². The van der Waals surface area contributed by atoms with Crippen molar-refractivity contribution in [1.29, 1.82) is 0 Å². The number of hydrogen-bond donors (Lipinski definition) is 2. The normalized spacial score (nSPS) is 17.9. The van der Waals surface area contributed by atoms with E-state index in [1.807, 2.05) is 0 Å². The average molecular weight is 671 g/mol. The number of amides is 2. The number of aryl methyl sites for hydroxylation is 1. The molecule has 0 radical (unpaired) electrons. The summed E-state index contributed by atoms with van der Waals surface area (Å²) in [5.41, 5.74) is -2.11. The topological polar surface area (TPSA) is 119 Å². The number of sulfonamides is 1. The van der Waals surface area contributed by atoms with E-state index in [0.29, 0.717) is 25.7 Å². The van der Waals surface area contributed by atoms with E-state index in [4.69, 9.17) is 11.6 Å². The number of hydrogen-bond acceptors (Lipinski definition) is 6. The lowest BCUT2D eigenvalue weighted by Gasteiger charge is -2.28. The van der Waals surface area contributed by atoms with E-state index in [2.05, 4.69) is 19.9 Å². The van der Waals surface area contributed by atoms with Gasteiger partial charge in [0.2, 0.25) is 15.9 Å². The van der Waals surface area contributed by atoms with Crippen molar-refractivity contribution < 1.29 is 44.7 Å². The molecule has 1 aliphatic carbocycles. The van der Waals surface area contributed by atoms with E-state index in [-0.39, 0.29) is 53.0 Å². The summed E-state index contributed by atoms with van der Waals surface area (Å²) in [6.07, 6.45) is -3.39. The highest BCUT2D eigenvalue weighted by atomic mass is 35.5. The predicted octanol–water partition coefficient (Wildman–Crippen LogP) is 6.10. The van der Waals surface area contributed by atoms with Crippen molar-refractivity contribution in [1.82, 2.24) is 19.8 Å². The smallest absolute Gasteiger partial charge is 0.394 e. The van der Waals surface area contributed by atoms with E-state index < -0.39 is 57.5 Å². The zero-order chi connectivity index (χ0) is 33.0. The summed E-state index contributed by atoms with van der Waals surface area (Å²) < 4.78 is 99.9. The van der Waals surface area contributed by atoms with Crippen molar-refractivity contribution in [2.45, 2.75) is 90.8 Å². The molecule has 0 atom stereocenters. The highest BCUT2D eigenvalue weighted by molar-refractivity contribution is 7.90. The molecule has 0 saturated heterocycles. The number of halogens is 6. The molecule has 1 fully saturated rings. The third-order valence-electron chi connectivity index (χ3n) is 7.70. The van der Waals surface area contributed by atoms with Gasteiger partial charge in [0.15, 0.2) is 5.69 Å². The van der Waals surface area contributed by atoms with Crippen LogP contribution in [-0.2, 0) is 27.8 Å². The molecule has 2 N–H and O–H groups in total. The molecule has 246 valence electrons. The van der Waals surface area contributed by atoms with Crippen LogP contribution in [0.15, 0.2) is 18.2 Å². The van der Waals surface area contributed by atoms with Crippen molar-refractivity contribution in [3.8, 4) is 17.0 Å². The first-order valence-corrected chi connectivity index (χ1v) is 16.1. The van der Waals surface area contributed by atoms with Gasteiger partial charge >= 0.3 is 12.8 Å². The zero-order valence-corrected chi connectivity index (χ0v) is 26.3. The molecule has 2 amide bonds. The lowest BCUT2D eigenvalue weighted by molar-refractivity contribution is -0.211. The van der Waals surface area contributed by atoms with Crippen LogP contribution in [0.2, 0.25) is 5.02 Å². The van der Waals surface area contributed by atoms with Gasteiger partial charge in [0.1, 0.15) is 5.75 Å². The monoisotopic (exact) mass is 670 g/mol. The minimum Gasteiger partial charge on any atom is -0.434 e. The second-order valence-corrected chi connectivity index (χ2v) is 13.7. The molecule has 9 nitrogen and oxygen atoms in total. The van der Waals surface area contributed by atoms with Gasteiger partial charge in [0.05, 0.1) is 21.4 Å². The summed E-state index contributed by atoms with van der Waals surface area (Å²) in [6, 6.07) is 3.77.